The summed E-state index contributed by atoms with van der Waals surface area (Å²) in [6, 6.07) is 17.1. The summed E-state index contributed by atoms with van der Waals surface area (Å²) in [6.07, 6.45) is 1.02. The van der Waals surface area contributed by atoms with Gasteiger partial charge in [-0.1, -0.05) is 18.2 Å². The Morgan fingerprint density at radius 1 is 0.929 bits per heavy atom. The number of ether oxygens (including phenoxy) is 1. The summed E-state index contributed by atoms with van der Waals surface area (Å²) < 4.78 is 5.21. The van der Waals surface area contributed by atoms with Crippen LogP contribution in [0.4, 0.5) is 11.4 Å². The highest BCUT2D eigenvalue weighted by Gasteiger charge is 2.39. The zero-order chi connectivity index (χ0) is 19.5. The van der Waals surface area contributed by atoms with E-state index >= 15 is 0 Å². The molecule has 2 heterocycles. The first-order chi connectivity index (χ1) is 13.7. The second-order valence-electron chi connectivity index (χ2n) is 7.16. The first kappa shape index (κ1) is 18.3. The summed E-state index contributed by atoms with van der Waals surface area (Å²) in [5.41, 5.74) is 1.94. The van der Waals surface area contributed by atoms with E-state index in [0.29, 0.717) is 25.9 Å². The molecule has 0 spiro atoms. The zero-order valence-electron chi connectivity index (χ0n) is 16.1. The largest absolute Gasteiger partial charge is 0.497 e. The van der Waals surface area contributed by atoms with Crippen LogP contribution >= 0.6 is 0 Å². The summed E-state index contributed by atoms with van der Waals surface area (Å²) in [5, 5.41) is 0. The van der Waals surface area contributed by atoms with Crippen LogP contribution in [0, 0.1) is 0 Å². The van der Waals surface area contributed by atoms with Gasteiger partial charge in [0.1, 0.15) is 11.8 Å². The van der Waals surface area contributed by atoms with Gasteiger partial charge in [-0.25, -0.2) is 0 Å². The molecular weight excluding hydrogens is 354 g/mol. The number of amides is 2. The second-order valence-corrected chi connectivity index (χ2v) is 7.16. The van der Waals surface area contributed by atoms with Crippen molar-refractivity contribution in [3.63, 3.8) is 0 Å². The molecule has 2 amide bonds. The van der Waals surface area contributed by atoms with E-state index < -0.39 is 0 Å². The van der Waals surface area contributed by atoms with Crippen LogP contribution in [0.3, 0.4) is 0 Å². The maximum Gasteiger partial charge on any atom is 0.245 e. The smallest absolute Gasteiger partial charge is 0.245 e. The van der Waals surface area contributed by atoms with Gasteiger partial charge in [-0.15, -0.1) is 0 Å². The Hall–Kier alpha value is -3.02. The molecule has 1 unspecified atom stereocenters. The Kier molecular flexibility index (Phi) is 5.19. The third-order valence-electron chi connectivity index (χ3n) is 5.56. The van der Waals surface area contributed by atoms with Crippen LogP contribution in [0.5, 0.6) is 5.75 Å². The van der Waals surface area contributed by atoms with Crippen LogP contribution in [-0.4, -0.2) is 56.0 Å². The number of carbonyl (C=O) groups excluding carboxylic acids is 2. The average molecular weight is 379 g/mol. The average Bonchev–Trinajstić information content (AvgIpc) is 3.15. The van der Waals surface area contributed by atoms with E-state index in [1.807, 2.05) is 59.5 Å². The van der Waals surface area contributed by atoms with Crippen LogP contribution in [-0.2, 0) is 9.59 Å². The van der Waals surface area contributed by atoms with E-state index in [4.69, 9.17) is 4.74 Å². The minimum atomic E-state index is -0.387. The number of piperazine rings is 1. The van der Waals surface area contributed by atoms with E-state index in [2.05, 4.69) is 4.90 Å². The molecule has 0 bridgehead atoms. The van der Waals surface area contributed by atoms with Crippen molar-refractivity contribution < 1.29 is 14.3 Å². The topological polar surface area (TPSA) is 53.1 Å². The van der Waals surface area contributed by atoms with Crippen molar-refractivity contribution in [2.24, 2.45) is 0 Å². The number of benzene rings is 2. The molecule has 0 aromatic heterocycles. The monoisotopic (exact) mass is 379 g/mol. The lowest BCUT2D eigenvalue weighted by atomic mass is 10.1. The number of hydrogen-bond donors (Lipinski definition) is 0. The van der Waals surface area contributed by atoms with Crippen LogP contribution in [0.15, 0.2) is 54.6 Å². The van der Waals surface area contributed by atoms with Crippen molar-refractivity contribution >= 4 is 23.2 Å². The van der Waals surface area contributed by atoms with E-state index in [1.54, 1.807) is 12.0 Å². The van der Waals surface area contributed by atoms with Gasteiger partial charge in [0, 0.05) is 44.0 Å². The molecule has 2 aromatic carbocycles. The summed E-state index contributed by atoms with van der Waals surface area (Å²) >= 11 is 0. The van der Waals surface area contributed by atoms with Gasteiger partial charge in [-0.3, -0.25) is 14.5 Å². The van der Waals surface area contributed by atoms with Crippen LogP contribution in [0.25, 0.3) is 0 Å². The summed E-state index contributed by atoms with van der Waals surface area (Å²) in [4.78, 5) is 31.4. The quantitative estimate of drug-likeness (QED) is 0.819. The molecule has 0 saturated carbocycles. The molecule has 0 aliphatic carbocycles. The first-order valence-corrected chi connectivity index (χ1v) is 9.72. The molecule has 2 aliphatic heterocycles. The molecule has 0 N–H and O–H groups in total. The second kappa shape index (κ2) is 7.92. The van der Waals surface area contributed by atoms with E-state index in [0.717, 1.165) is 30.2 Å². The molecule has 2 fully saturated rings. The van der Waals surface area contributed by atoms with Crippen molar-refractivity contribution in [1.82, 2.24) is 4.90 Å². The first-order valence-electron chi connectivity index (χ1n) is 9.72. The molecule has 1 atom stereocenters. The lowest BCUT2D eigenvalue weighted by Gasteiger charge is -2.38. The highest BCUT2D eigenvalue weighted by Crippen LogP contribution is 2.28. The van der Waals surface area contributed by atoms with Crippen molar-refractivity contribution in [2.45, 2.75) is 18.9 Å². The number of methoxy groups -OCH3 is 1. The highest BCUT2D eigenvalue weighted by atomic mass is 16.5. The summed E-state index contributed by atoms with van der Waals surface area (Å²) in [5.74, 6) is 0.926. The van der Waals surface area contributed by atoms with Gasteiger partial charge in [0.05, 0.1) is 7.11 Å². The fourth-order valence-electron chi connectivity index (χ4n) is 4.02. The Morgan fingerprint density at radius 3 is 2.25 bits per heavy atom. The van der Waals surface area contributed by atoms with E-state index in [9.17, 15) is 9.59 Å². The Morgan fingerprint density at radius 2 is 1.61 bits per heavy atom. The number of hydrogen-bond acceptors (Lipinski definition) is 4. The maximum absolute atomic E-state index is 13.2. The number of anilines is 2. The van der Waals surface area contributed by atoms with Gasteiger partial charge in [0.15, 0.2) is 0 Å². The van der Waals surface area contributed by atoms with Gasteiger partial charge in [0.25, 0.3) is 0 Å². The van der Waals surface area contributed by atoms with Gasteiger partial charge in [0.2, 0.25) is 11.8 Å². The highest BCUT2D eigenvalue weighted by molar-refractivity contribution is 6.03. The Balaban J connectivity index is 1.41. The predicted octanol–water partition coefficient (Wildman–Crippen LogP) is 2.54. The lowest BCUT2D eigenvalue weighted by molar-refractivity contribution is -0.133. The fourth-order valence-corrected chi connectivity index (χ4v) is 4.02. The SMILES string of the molecule is COc1ccc(N2CCN(C(=O)C3CCC(=O)N3c3ccccc3)CC2)cc1. The Labute approximate surface area is 165 Å². The minimum Gasteiger partial charge on any atom is -0.497 e. The van der Waals surface area contributed by atoms with Crippen molar-refractivity contribution in [3.8, 4) is 5.75 Å². The molecule has 4 rings (SSSR count). The number of nitrogens with zero attached hydrogens (tertiary/aromatic N) is 3. The van der Waals surface area contributed by atoms with Crippen molar-refractivity contribution in [1.29, 1.82) is 0 Å². The lowest BCUT2D eigenvalue weighted by Crippen LogP contribution is -2.54. The van der Waals surface area contributed by atoms with E-state index in [-0.39, 0.29) is 17.9 Å². The van der Waals surface area contributed by atoms with Crippen LogP contribution in [0.2, 0.25) is 0 Å². The molecule has 0 radical (unpaired) electrons. The third-order valence-corrected chi connectivity index (χ3v) is 5.56. The molecule has 146 valence electrons. The molecule has 2 aromatic rings. The van der Waals surface area contributed by atoms with Crippen molar-refractivity contribution in [2.75, 3.05) is 43.1 Å². The summed E-state index contributed by atoms with van der Waals surface area (Å²) in [7, 11) is 1.66. The van der Waals surface area contributed by atoms with Gasteiger partial charge in [-0.05, 0) is 42.8 Å². The van der Waals surface area contributed by atoms with Gasteiger partial charge < -0.3 is 14.5 Å². The fraction of sp³-hybridized carbons (Fsp3) is 0.364. The number of para-hydroxylation sites is 1. The Bertz CT molecular complexity index is 830. The number of rotatable bonds is 4. The third kappa shape index (κ3) is 3.54. The molecule has 2 saturated heterocycles. The number of carbonyl (C=O) groups is 2. The molecular formula is C22H25N3O3. The summed E-state index contributed by atoms with van der Waals surface area (Å²) in [6.45, 7) is 2.89. The molecule has 28 heavy (non-hydrogen) atoms. The predicted molar refractivity (Wildman–Crippen MR) is 109 cm³/mol. The maximum atomic E-state index is 13.2. The molecule has 2 aliphatic rings. The van der Waals surface area contributed by atoms with Crippen LogP contribution in [0.1, 0.15) is 12.8 Å². The molecule has 6 heteroatoms. The van der Waals surface area contributed by atoms with Crippen LogP contribution < -0.4 is 14.5 Å². The van der Waals surface area contributed by atoms with Crippen molar-refractivity contribution in [3.05, 3.63) is 54.6 Å². The minimum absolute atomic E-state index is 0.0291. The van der Waals surface area contributed by atoms with E-state index in [1.165, 1.54) is 0 Å². The normalized spacial score (nSPS) is 19.8. The van der Waals surface area contributed by atoms with Gasteiger partial charge >= 0.3 is 0 Å². The standard InChI is InChI=1S/C22H25N3O3/c1-28-19-9-7-17(8-10-19)23-13-15-24(16-14-23)22(27)20-11-12-21(26)25(20)18-5-3-2-4-6-18/h2-10,20H,11-16H2,1H3. The van der Waals surface area contributed by atoms with Gasteiger partial charge in [-0.2, -0.15) is 0 Å². The molecule has 6 nitrogen and oxygen atoms in total. The zero-order valence-corrected chi connectivity index (χ0v) is 16.1.